The van der Waals surface area contributed by atoms with Crippen LogP contribution in [-0.4, -0.2) is 30.3 Å². The molecule has 0 radical (unpaired) electrons. The van der Waals surface area contributed by atoms with Crippen LogP contribution in [0.15, 0.2) is 42.5 Å². The van der Waals surface area contributed by atoms with Crippen LogP contribution in [-0.2, 0) is 27.6 Å². The lowest BCUT2D eigenvalue weighted by molar-refractivity contribution is -0.137. The summed E-state index contributed by atoms with van der Waals surface area (Å²) in [5, 5.41) is 7.75. The number of rotatable bonds is 12. The lowest BCUT2D eigenvalue weighted by Crippen LogP contribution is -2.46. The van der Waals surface area contributed by atoms with Crippen molar-refractivity contribution in [1.82, 2.24) is 10.6 Å². The van der Waals surface area contributed by atoms with Crippen LogP contribution in [0, 0.1) is 23.7 Å². The molecule has 4 saturated carbocycles. The summed E-state index contributed by atoms with van der Waals surface area (Å²) < 4.78 is 39.3. The quantitative estimate of drug-likeness (QED) is 0.242. The second-order valence-corrected chi connectivity index (χ2v) is 14.6. The summed E-state index contributed by atoms with van der Waals surface area (Å²) >= 11 is 12.6. The number of hydrogen-bond donors (Lipinski definition) is 2. The maximum absolute atomic E-state index is 14.0. The number of aryl methyl sites for hydroxylation is 1. The number of alkyl halides is 3. The number of halogens is 5. The summed E-state index contributed by atoms with van der Waals surface area (Å²) in [6.45, 7) is 5.42. The fourth-order valence-corrected chi connectivity index (χ4v) is 8.02. The summed E-state index contributed by atoms with van der Waals surface area (Å²) in [6, 6.07) is 9.91. The van der Waals surface area contributed by atoms with Gasteiger partial charge in [-0.2, -0.15) is 13.2 Å². The third kappa shape index (κ3) is 8.00. The van der Waals surface area contributed by atoms with Crippen molar-refractivity contribution in [2.24, 2.45) is 23.7 Å². The molecular weight excluding hydrogens is 608 g/mol. The number of carbonyl (C=O) groups excluding carboxylic acids is 2. The van der Waals surface area contributed by atoms with E-state index >= 15 is 0 Å². The number of Topliss-reactive ketones (excluding diaryl/α,β-unsaturated/α-hetero) is 1. The minimum absolute atomic E-state index is 0.00695. The summed E-state index contributed by atoms with van der Waals surface area (Å²) in [5.74, 6) is 1.70. The van der Waals surface area contributed by atoms with E-state index in [0.29, 0.717) is 77.1 Å². The fourth-order valence-electron chi connectivity index (χ4n) is 7.43. The van der Waals surface area contributed by atoms with Crippen molar-refractivity contribution in [2.75, 3.05) is 6.54 Å². The molecule has 0 aliphatic heterocycles. The van der Waals surface area contributed by atoms with E-state index in [9.17, 15) is 22.8 Å². The van der Waals surface area contributed by atoms with Crippen molar-refractivity contribution >= 4 is 34.9 Å². The van der Waals surface area contributed by atoms with Crippen LogP contribution >= 0.6 is 23.2 Å². The Kier molecular flexibility index (Phi) is 10.4. The Balaban J connectivity index is 1.30. The van der Waals surface area contributed by atoms with Gasteiger partial charge in [0.25, 0.3) is 0 Å². The third-order valence-electron chi connectivity index (χ3n) is 10.1. The average Bonchev–Trinajstić information content (AvgIpc) is 3.80. The third-order valence-corrected chi connectivity index (χ3v) is 10.6. The van der Waals surface area contributed by atoms with E-state index in [-0.39, 0.29) is 17.6 Å². The number of benzene rings is 2. The minimum atomic E-state index is -4.41. The number of carbonyl (C=O) groups is 2. The van der Waals surface area contributed by atoms with Gasteiger partial charge in [-0.25, -0.2) is 0 Å². The van der Waals surface area contributed by atoms with Crippen molar-refractivity contribution in [2.45, 2.75) is 102 Å². The van der Waals surface area contributed by atoms with E-state index in [1.165, 1.54) is 18.6 Å². The zero-order valence-electron chi connectivity index (χ0n) is 25.5. The summed E-state index contributed by atoms with van der Waals surface area (Å²) in [7, 11) is 0. The lowest BCUT2D eigenvalue weighted by Gasteiger charge is -2.33. The molecule has 240 valence electrons. The molecule has 2 bridgehead atoms. The van der Waals surface area contributed by atoms with Crippen LogP contribution in [0.2, 0.25) is 10.0 Å². The van der Waals surface area contributed by atoms with Gasteiger partial charge in [-0.15, -0.1) is 0 Å². The fraction of sp³-hybridized carbons (Fsp3) is 0.600. The minimum Gasteiger partial charge on any atom is -0.346 e. The maximum Gasteiger partial charge on any atom is 0.416 e. The molecule has 2 N–H and O–H groups in total. The molecule has 5 unspecified atom stereocenters. The molecule has 9 heteroatoms. The molecule has 6 rings (SSSR count). The van der Waals surface area contributed by atoms with Gasteiger partial charge in [0.05, 0.1) is 17.0 Å². The zero-order chi connectivity index (χ0) is 31.6. The topological polar surface area (TPSA) is 58.2 Å². The first-order valence-corrected chi connectivity index (χ1v) is 16.8. The molecule has 0 saturated heterocycles. The van der Waals surface area contributed by atoms with E-state index in [0.717, 1.165) is 44.4 Å². The lowest BCUT2D eigenvalue weighted by atomic mass is 9.73. The van der Waals surface area contributed by atoms with Gasteiger partial charge >= 0.3 is 6.18 Å². The Hall–Kier alpha value is -2.09. The summed E-state index contributed by atoms with van der Waals surface area (Å²) in [5.41, 5.74) is -0.108. The van der Waals surface area contributed by atoms with Crippen molar-refractivity contribution in [3.05, 3.63) is 69.2 Å². The van der Waals surface area contributed by atoms with Crippen molar-refractivity contribution in [3.63, 3.8) is 0 Å². The first-order chi connectivity index (χ1) is 20.8. The van der Waals surface area contributed by atoms with Crippen LogP contribution in [0.1, 0.15) is 88.3 Å². The SMILES string of the molecule is CC(C)CNC1CC2CCC(C1)C(CC(=O)C(CCc1ccc(C(F)(F)F)cc1)NC(=O)C1(c3ccc(Cl)cc3Cl)CC1)C2. The van der Waals surface area contributed by atoms with Gasteiger partial charge in [0.2, 0.25) is 5.91 Å². The number of hydrogen-bond acceptors (Lipinski definition) is 3. The maximum atomic E-state index is 14.0. The number of amides is 1. The molecule has 5 atom stereocenters. The largest absolute Gasteiger partial charge is 0.416 e. The molecule has 2 aromatic rings. The Morgan fingerprint density at radius 2 is 1.73 bits per heavy atom. The highest BCUT2D eigenvalue weighted by molar-refractivity contribution is 6.35. The number of nitrogens with one attached hydrogen (secondary N) is 2. The molecule has 2 aromatic carbocycles. The molecule has 4 fully saturated rings. The Labute approximate surface area is 268 Å². The van der Waals surface area contributed by atoms with Crippen molar-refractivity contribution < 1.29 is 22.8 Å². The number of fused-ring (bicyclic) bond motifs is 4. The second kappa shape index (κ2) is 13.7. The summed E-state index contributed by atoms with van der Waals surface area (Å²) in [4.78, 5) is 27.8. The molecule has 4 aliphatic carbocycles. The Bertz CT molecular complexity index is 1330. The zero-order valence-corrected chi connectivity index (χ0v) is 27.0. The van der Waals surface area contributed by atoms with E-state index in [1.54, 1.807) is 18.2 Å². The van der Waals surface area contributed by atoms with Gasteiger partial charge in [-0.1, -0.05) is 61.7 Å². The standard InChI is InChI=1S/C35H43Cl2F3N2O2/c1-21(2)20-41-28-16-23-3-7-24(17-28)25(15-23)18-32(43)31(12-6-22-4-8-26(9-5-22)35(38,39)40)42-33(44)34(13-14-34)29-11-10-27(36)19-30(29)37/h4-5,8-11,19,21,23-25,28,31,41H,3,6-7,12-18,20H2,1-2H3,(H,42,44). The van der Waals surface area contributed by atoms with Gasteiger partial charge in [-0.3, -0.25) is 9.59 Å². The Morgan fingerprint density at radius 1 is 1.00 bits per heavy atom. The van der Waals surface area contributed by atoms with E-state index < -0.39 is 23.2 Å². The second-order valence-electron chi connectivity index (χ2n) is 13.8. The predicted molar refractivity (Wildman–Crippen MR) is 169 cm³/mol. The normalized spacial score (nSPS) is 25.0. The monoisotopic (exact) mass is 650 g/mol. The van der Waals surface area contributed by atoms with Gasteiger partial charge in [0, 0.05) is 22.5 Å². The van der Waals surface area contributed by atoms with Crippen LogP contribution in [0.25, 0.3) is 0 Å². The summed E-state index contributed by atoms with van der Waals surface area (Å²) in [6.07, 6.45) is 3.51. The molecule has 0 aromatic heterocycles. The van der Waals surface area contributed by atoms with Crippen LogP contribution in [0.5, 0.6) is 0 Å². The molecule has 0 spiro atoms. The number of ketones is 1. The molecular formula is C35H43Cl2F3N2O2. The molecule has 4 nitrogen and oxygen atoms in total. The van der Waals surface area contributed by atoms with Crippen LogP contribution < -0.4 is 10.6 Å². The Morgan fingerprint density at radius 3 is 2.36 bits per heavy atom. The van der Waals surface area contributed by atoms with Gasteiger partial charge in [0.1, 0.15) is 0 Å². The first kappa shape index (κ1) is 33.3. The van der Waals surface area contributed by atoms with E-state index in [2.05, 4.69) is 24.5 Å². The highest BCUT2D eigenvalue weighted by Crippen LogP contribution is 2.51. The highest BCUT2D eigenvalue weighted by atomic mass is 35.5. The van der Waals surface area contributed by atoms with Crippen molar-refractivity contribution in [1.29, 1.82) is 0 Å². The van der Waals surface area contributed by atoms with Gasteiger partial charge < -0.3 is 10.6 Å². The first-order valence-electron chi connectivity index (χ1n) is 16.0. The highest BCUT2D eigenvalue weighted by Gasteiger charge is 2.53. The van der Waals surface area contributed by atoms with E-state index in [4.69, 9.17) is 23.2 Å². The van der Waals surface area contributed by atoms with Gasteiger partial charge in [-0.05, 0) is 117 Å². The predicted octanol–water partition coefficient (Wildman–Crippen LogP) is 8.56. The van der Waals surface area contributed by atoms with Crippen molar-refractivity contribution in [3.8, 4) is 0 Å². The van der Waals surface area contributed by atoms with E-state index in [1.807, 2.05) is 0 Å². The molecule has 44 heavy (non-hydrogen) atoms. The van der Waals surface area contributed by atoms with Gasteiger partial charge in [0.15, 0.2) is 5.78 Å². The molecule has 0 heterocycles. The molecule has 1 amide bonds. The van der Waals surface area contributed by atoms with Crippen LogP contribution in [0.4, 0.5) is 13.2 Å². The smallest absolute Gasteiger partial charge is 0.346 e. The average molecular weight is 652 g/mol. The van der Waals surface area contributed by atoms with Crippen LogP contribution in [0.3, 0.4) is 0 Å². The molecule has 4 aliphatic rings.